The van der Waals surface area contributed by atoms with E-state index in [9.17, 15) is 0 Å². The lowest BCUT2D eigenvalue weighted by molar-refractivity contribution is 0.415. The van der Waals surface area contributed by atoms with Crippen LogP contribution in [0.2, 0.25) is 5.02 Å². The van der Waals surface area contributed by atoms with Gasteiger partial charge in [0.15, 0.2) is 0 Å². The summed E-state index contributed by atoms with van der Waals surface area (Å²) in [6.45, 7) is 2.12. The predicted octanol–water partition coefficient (Wildman–Crippen LogP) is 3.87. The van der Waals surface area contributed by atoms with Gasteiger partial charge in [0.1, 0.15) is 11.6 Å². The molecule has 0 radical (unpaired) electrons. The van der Waals surface area contributed by atoms with E-state index >= 15 is 0 Å². The molecule has 0 bridgehead atoms. The molecule has 1 aromatic carbocycles. The number of hydrogen-bond donors (Lipinski definition) is 1. The van der Waals surface area contributed by atoms with Gasteiger partial charge in [-0.1, -0.05) is 11.6 Å². The SMILES string of the molecule is COc1ccc(Nc2nccc(N3CCCCC3)n2)cc1Cl. The molecule has 0 atom stereocenters. The van der Waals surface area contributed by atoms with Crippen LogP contribution in [-0.4, -0.2) is 30.2 Å². The topological polar surface area (TPSA) is 50.3 Å². The Labute approximate surface area is 135 Å². The van der Waals surface area contributed by atoms with Crippen molar-refractivity contribution in [2.45, 2.75) is 19.3 Å². The summed E-state index contributed by atoms with van der Waals surface area (Å²) in [6.07, 6.45) is 5.53. The second-order valence-corrected chi connectivity index (χ2v) is 5.67. The summed E-state index contributed by atoms with van der Waals surface area (Å²) in [5.41, 5.74) is 0.835. The number of rotatable bonds is 4. The molecule has 116 valence electrons. The van der Waals surface area contributed by atoms with E-state index < -0.39 is 0 Å². The average molecular weight is 319 g/mol. The first-order chi connectivity index (χ1) is 10.8. The fourth-order valence-corrected chi connectivity index (χ4v) is 2.84. The van der Waals surface area contributed by atoms with E-state index in [2.05, 4.69) is 20.2 Å². The molecule has 6 heteroatoms. The summed E-state index contributed by atoms with van der Waals surface area (Å²) in [5, 5.41) is 3.74. The maximum Gasteiger partial charge on any atom is 0.229 e. The van der Waals surface area contributed by atoms with Gasteiger partial charge in [0.2, 0.25) is 5.95 Å². The first-order valence-corrected chi connectivity index (χ1v) is 7.82. The van der Waals surface area contributed by atoms with Crippen molar-refractivity contribution in [3.05, 3.63) is 35.5 Å². The van der Waals surface area contributed by atoms with Crippen molar-refractivity contribution >= 4 is 29.1 Å². The van der Waals surface area contributed by atoms with E-state index in [-0.39, 0.29) is 0 Å². The number of halogens is 1. The van der Waals surface area contributed by atoms with Crippen LogP contribution in [0.15, 0.2) is 30.5 Å². The monoisotopic (exact) mass is 318 g/mol. The Kier molecular flexibility index (Phi) is 4.63. The highest BCUT2D eigenvalue weighted by atomic mass is 35.5. The van der Waals surface area contributed by atoms with Crippen molar-refractivity contribution in [3.8, 4) is 5.75 Å². The Bertz CT molecular complexity index is 644. The number of nitrogens with one attached hydrogen (secondary N) is 1. The van der Waals surface area contributed by atoms with Gasteiger partial charge in [-0.2, -0.15) is 4.98 Å². The molecular formula is C16H19ClN4O. The molecule has 0 amide bonds. The number of piperidine rings is 1. The number of nitrogens with zero attached hydrogens (tertiary/aromatic N) is 3. The zero-order valence-corrected chi connectivity index (χ0v) is 13.3. The molecule has 0 saturated carbocycles. The Balaban J connectivity index is 1.76. The van der Waals surface area contributed by atoms with Crippen molar-refractivity contribution in [3.63, 3.8) is 0 Å². The lowest BCUT2D eigenvalue weighted by Gasteiger charge is -2.27. The molecule has 1 fully saturated rings. The second-order valence-electron chi connectivity index (χ2n) is 5.26. The first kappa shape index (κ1) is 14.9. The molecule has 1 saturated heterocycles. The maximum absolute atomic E-state index is 6.13. The number of ether oxygens (including phenoxy) is 1. The van der Waals surface area contributed by atoms with E-state index in [1.807, 2.05) is 18.2 Å². The van der Waals surface area contributed by atoms with Gasteiger partial charge in [-0.25, -0.2) is 4.98 Å². The minimum absolute atomic E-state index is 0.555. The van der Waals surface area contributed by atoms with Crippen LogP contribution < -0.4 is 15.0 Å². The quantitative estimate of drug-likeness (QED) is 0.927. The Morgan fingerprint density at radius 2 is 2.00 bits per heavy atom. The molecule has 1 aromatic heterocycles. The highest BCUT2D eigenvalue weighted by Gasteiger charge is 2.13. The van der Waals surface area contributed by atoms with E-state index in [0.717, 1.165) is 24.6 Å². The third-order valence-electron chi connectivity index (χ3n) is 3.73. The normalized spacial score (nSPS) is 14.7. The van der Waals surface area contributed by atoms with Crippen molar-refractivity contribution in [1.82, 2.24) is 9.97 Å². The van der Waals surface area contributed by atoms with E-state index in [0.29, 0.717) is 16.7 Å². The lowest BCUT2D eigenvalue weighted by atomic mass is 10.1. The number of aromatic nitrogens is 2. The molecule has 1 aliphatic rings. The molecular weight excluding hydrogens is 300 g/mol. The van der Waals surface area contributed by atoms with E-state index in [4.69, 9.17) is 16.3 Å². The van der Waals surface area contributed by atoms with Crippen LogP contribution in [0.3, 0.4) is 0 Å². The average Bonchev–Trinajstić information content (AvgIpc) is 2.56. The lowest BCUT2D eigenvalue weighted by Crippen LogP contribution is -2.30. The largest absolute Gasteiger partial charge is 0.495 e. The number of benzene rings is 1. The van der Waals surface area contributed by atoms with Crippen LogP contribution in [0.5, 0.6) is 5.75 Å². The van der Waals surface area contributed by atoms with Crippen LogP contribution in [0, 0.1) is 0 Å². The molecule has 2 heterocycles. The van der Waals surface area contributed by atoms with Gasteiger partial charge in [0, 0.05) is 25.0 Å². The molecule has 1 N–H and O–H groups in total. The minimum atomic E-state index is 0.555. The highest BCUT2D eigenvalue weighted by molar-refractivity contribution is 6.32. The summed E-state index contributed by atoms with van der Waals surface area (Å²) < 4.78 is 5.15. The van der Waals surface area contributed by atoms with Crippen molar-refractivity contribution in [2.75, 3.05) is 30.4 Å². The standard InChI is InChI=1S/C16H19ClN4O/c1-22-14-6-5-12(11-13(14)17)19-16-18-8-7-15(20-16)21-9-3-2-4-10-21/h5-8,11H,2-4,9-10H2,1H3,(H,18,19,20). The summed E-state index contributed by atoms with van der Waals surface area (Å²) in [7, 11) is 1.60. The maximum atomic E-state index is 6.13. The van der Waals surface area contributed by atoms with Crippen LogP contribution >= 0.6 is 11.6 Å². The molecule has 5 nitrogen and oxygen atoms in total. The third-order valence-corrected chi connectivity index (χ3v) is 4.02. The van der Waals surface area contributed by atoms with Gasteiger partial charge in [-0.15, -0.1) is 0 Å². The zero-order valence-electron chi connectivity index (χ0n) is 12.6. The summed E-state index contributed by atoms with van der Waals surface area (Å²) in [6, 6.07) is 7.47. The highest BCUT2D eigenvalue weighted by Crippen LogP contribution is 2.28. The van der Waals surface area contributed by atoms with E-state index in [1.54, 1.807) is 19.4 Å². The van der Waals surface area contributed by atoms with Crippen LogP contribution in [-0.2, 0) is 0 Å². The Hall–Kier alpha value is -2.01. The van der Waals surface area contributed by atoms with Crippen molar-refractivity contribution in [1.29, 1.82) is 0 Å². The van der Waals surface area contributed by atoms with Crippen molar-refractivity contribution < 1.29 is 4.74 Å². The Morgan fingerprint density at radius 1 is 1.18 bits per heavy atom. The Morgan fingerprint density at radius 3 is 2.73 bits per heavy atom. The summed E-state index contributed by atoms with van der Waals surface area (Å²) in [4.78, 5) is 11.2. The van der Waals surface area contributed by atoms with Crippen LogP contribution in [0.1, 0.15) is 19.3 Å². The second kappa shape index (κ2) is 6.83. The molecule has 0 aliphatic carbocycles. The fourth-order valence-electron chi connectivity index (χ4n) is 2.58. The summed E-state index contributed by atoms with van der Waals surface area (Å²) in [5.74, 6) is 2.19. The van der Waals surface area contributed by atoms with Gasteiger partial charge in [-0.3, -0.25) is 0 Å². The molecule has 22 heavy (non-hydrogen) atoms. The van der Waals surface area contributed by atoms with Gasteiger partial charge in [-0.05, 0) is 43.5 Å². The predicted molar refractivity (Wildman–Crippen MR) is 89.4 cm³/mol. The number of hydrogen-bond acceptors (Lipinski definition) is 5. The van der Waals surface area contributed by atoms with E-state index in [1.165, 1.54) is 19.3 Å². The number of methoxy groups -OCH3 is 1. The molecule has 1 aliphatic heterocycles. The molecule has 0 unspecified atom stereocenters. The minimum Gasteiger partial charge on any atom is -0.495 e. The smallest absolute Gasteiger partial charge is 0.229 e. The number of anilines is 3. The third kappa shape index (κ3) is 3.42. The van der Waals surface area contributed by atoms with Gasteiger partial charge >= 0.3 is 0 Å². The van der Waals surface area contributed by atoms with Gasteiger partial charge < -0.3 is 15.0 Å². The van der Waals surface area contributed by atoms with Crippen LogP contribution in [0.25, 0.3) is 0 Å². The molecule has 2 aromatic rings. The van der Waals surface area contributed by atoms with Crippen molar-refractivity contribution in [2.24, 2.45) is 0 Å². The van der Waals surface area contributed by atoms with Crippen LogP contribution in [0.4, 0.5) is 17.5 Å². The summed E-state index contributed by atoms with van der Waals surface area (Å²) >= 11 is 6.13. The first-order valence-electron chi connectivity index (χ1n) is 7.45. The molecule has 3 rings (SSSR count). The van der Waals surface area contributed by atoms with Gasteiger partial charge in [0.25, 0.3) is 0 Å². The zero-order chi connectivity index (χ0) is 15.4. The van der Waals surface area contributed by atoms with Gasteiger partial charge in [0.05, 0.1) is 12.1 Å². The molecule has 0 spiro atoms. The fraction of sp³-hybridized carbons (Fsp3) is 0.375.